The van der Waals surface area contributed by atoms with Crippen LogP contribution >= 0.6 is 22.6 Å². The quantitative estimate of drug-likeness (QED) is 0.606. The van der Waals surface area contributed by atoms with Gasteiger partial charge in [-0.25, -0.2) is 4.98 Å². The van der Waals surface area contributed by atoms with Gasteiger partial charge in [0.25, 0.3) is 0 Å². The van der Waals surface area contributed by atoms with Crippen molar-refractivity contribution in [3.8, 4) is 22.6 Å². The third kappa shape index (κ3) is 2.56. The number of halogens is 1. The maximum atomic E-state index is 5.62. The molecule has 2 nitrogen and oxygen atoms in total. The maximum absolute atomic E-state index is 5.62. The minimum atomic E-state index is 0.682. The lowest BCUT2D eigenvalue weighted by Crippen LogP contribution is -1.80. The van der Waals surface area contributed by atoms with E-state index >= 15 is 0 Å². The fourth-order valence-electron chi connectivity index (χ4n) is 1.94. The topological polar surface area (TPSA) is 26.0 Å². The Hall–Kier alpha value is -1.62. The maximum Gasteiger partial charge on any atom is 0.227 e. The van der Waals surface area contributed by atoms with Crippen LogP contribution in [0.15, 0.2) is 59.0 Å². The number of rotatable bonds is 2. The second kappa shape index (κ2) is 5.17. The van der Waals surface area contributed by atoms with Crippen molar-refractivity contribution < 1.29 is 4.42 Å². The van der Waals surface area contributed by atoms with Crippen molar-refractivity contribution in [1.29, 1.82) is 0 Å². The molecule has 0 aliphatic heterocycles. The summed E-state index contributed by atoms with van der Waals surface area (Å²) in [6.45, 7) is 1.95. The van der Waals surface area contributed by atoms with E-state index in [1.165, 1.54) is 11.1 Å². The van der Waals surface area contributed by atoms with E-state index in [0.29, 0.717) is 5.89 Å². The number of benzene rings is 2. The predicted octanol–water partition coefficient (Wildman–Crippen LogP) is 4.92. The molecule has 3 rings (SSSR count). The Kier molecular flexibility index (Phi) is 3.38. The summed E-state index contributed by atoms with van der Waals surface area (Å²) in [7, 11) is 0. The Morgan fingerprint density at radius 3 is 2.00 bits per heavy atom. The summed E-state index contributed by atoms with van der Waals surface area (Å²) in [6.07, 6.45) is 0. The molecule has 0 spiro atoms. The first kappa shape index (κ1) is 12.4. The first-order valence-electron chi connectivity index (χ1n) is 6.03. The first-order valence-corrected chi connectivity index (χ1v) is 7.11. The Morgan fingerprint density at radius 1 is 0.842 bits per heavy atom. The highest BCUT2D eigenvalue weighted by atomic mass is 127. The van der Waals surface area contributed by atoms with Crippen LogP contribution in [0.3, 0.4) is 0 Å². The number of hydrogen-bond donors (Lipinski definition) is 0. The number of oxazole rings is 1. The van der Waals surface area contributed by atoms with Crippen molar-refractivity contribution in [2.24, 2.45) is 0 Å². The molecule has 0 aliphatic rings. The third-order valence-electron chi connectivity index (χ3n) is 2.98. The smallest absolute Gasteiger partial charge is 0.227 e. The second-order valence-electron chi connectivity index (χ2n) is 4.32. The summed E-state index contributed by atoms with van der Waals surface area (Å²) in [5.41, 5.74) is 4.35. The molecule has 0 saturated heterocycles. The van der Waals surface area contributed by atoms with Gasteiger partial charge in [-0.2, -0.15) is 0 Å². The van der Waals surface area contributed by atoms with E-state index in [0.717, 1.165) is 15.0 Å². The highest BCUT2D eigenvalue weighted by Crippen LogP contribution is 2.26. The molecule has 0 radical (unpaired) electrons. The Bertz CT molecular complexity index is 667. The van der Waals surface area contributed by atoms with Crippen LogP contribution in [0.4, 0.5) is 0 Å². The van der Waals surface area contributed by atoms with E-state index in [-0.39, 0.29) is 0 Å². The van der Waals surface area contributed by atoms with Crippen molar-refractivity contribution in [3.63, 3.8) is 0 Å². The molecule has 1 aromatic heterocycles. The van der Waals surface area contributed by atoms with Gasteiger partial charge in [-0.05, 0) is 30.2 Å². The molecule has 0 bridgehead atoms. The van der Waals surface area contributed by atoms with E-state index in [9.17, 15) is 0 Å². The van der Waals surface area contributed by atoms with E-state index in [1.54, 1.807) is 0 Å². The summed E-state index contributed by atoms with van der Waals surface area (Å²) in [5, 5.41) is 0. The van der Waals surface area contributed by atoms with Gasteiger partial charge in [0.1, 0.15) is 0 Å². The normalized spacial score (nSPS) is 10.6. The zero-order chi connectivity index (χ0) is 13.2. The van der Waals surface area contributed by atoms with Crippen LogP contribution in [0, 0.1) is 10.7 Å². The van der Waals surface area contributed by atoms with E-state index in [2.05, 4.69) is 51.8 Å². The minimum absolute atomic E-state index is 0.682. The largest absolute Gasteiger partial charge is 0.430 e. The van der Waals surface area contributed by atoms with Crippen LogP contribution in [0.25, 0.3) is 22.6 Å². The molecular weight excluding hydrogens is 349 g/mol. The van der Waals surface area contributed by atoms with Crippen molar-refractivity contribution in [2.45, 2.75) is 6.92 Å². The fraction of sp³-hybridized carbons (Fsp3) is 0.0625. The molecule has 3 heteroatoms. The van der Waals surface area contributed by atoms with Crippen LogP contribution in [0.1, 0.15) is 5.69 Å². The van der Waals surface area contributed by atoms with Gasteiger partial charge in [0.15, 0.2) is 3.77 Å². The lowest BCUT2D eigenvalue weighted by atomic mass is 10.0. The van der Waals surface area contributed by atoms with Gasteiger partial charge in [-0.15, -0.1) is 0 Å². The van der Waals surface area contributed by atoms with Crippen LogP contribution in [-0.2, 0) is 0 Å². The van der Waals surface area contributed by atoms with Crippen LogP contribution in [-0.4, -0.2) is 4.98 Å². The third-order valence-corrected chi connectivity index (χ3v) is 3.98. The average molecular weight is 361 g/mol. The molecule has 0 unspecified atom stereocenters. The molecule has 0 amide bonds. The Labute approximate surface area is 125 Å². The van der Waals surface area contributed by atoms with E-state index in [1.807, 2.05) is 37.3 Å². The Balaban J connectivity index is 1.95. The molecule has 2 aromatic carbocycles. The van der Waals surface area contributed by atoms with Gasteiger partial charge in [-0.1, -0.05) is 42.5 Å². The number of aromatic nitrogens is 1. The van der Waals surface area contributed by atoms with E-state index < -0.39 is 0 Å². The van der Waals surface area contributed by atoms with Gasteiger partial charge >= 0.3 is 0 Å². The van der Waals surface area contributed by atoms with Gasteiger partial charge in [-0.3, -0.25) is 0 Å². The van der Waals surface area contributed by atoms with Crippen LogP contribution in [0.5, 0.6) is 0 Å². The SMILES string of the molecule is Cc1nc(-c2ccc(-c3ccccc3)cc2)oc1I. The molecule has 0 aliphatic carbocycles. The second-order valence-corrected chi connectivity index (χ2v) is 5.30. The zero-order valence-electron chi connectivity index (χ0n) is 10.4. The highest BCUT2D eigenvalue weighted by Gasteiger charge is 2.08. The molecular formula is C16H12INO. The van der Waals surface area contributed by atoms with Crippen LogP contribution in [0.2, 0.25) is 0 Å². The van der Waals surface area contributed by atoms with Gasteiger partial charge < -0.3 is 4.42 Å². The predicted molar refractivity (Wildman–Crippen MR) is 84.8 cm³/mol. The fourth-order valence-corrected chi connectivity index (χ4v) is 2.27. The summed E-state index contributed by atoms with van der Waals surface area (Å²) < 4.78 is 6.47. The molecule has 0 N–H and O–H groups in total. The van der Waals surface area contributed by atoms with Crippen molar-refractivity contribution >= 4 is 22.6 Å². The molecule has 1 heterocycles. The lowest BCUT2D eigenvalue weighted by Gasteiger charge is -2.02. The average Bonchev–Trinajstić information content (AvgIpc) is 2.80. The van der Waals surface area contributed by atoms with Crippen LogP contribution < -0.4 is 0 Å². The lowest BCUT2D eigenvalue weighted by molar-refractivity contribution is 0.545. The molecule has 0 saturated carbocycles. The van der Waals surface area contributed by atoms with Gasteiger partial charge in [0.2, 0.25) is 5.89 Å². The zero-order valence-corrected chi connectivity index (χ0v) is 12.6. The Morgan fingerprint density at radius 2 is 1.42 bits per heavy atom. The van der Waals surface area contributed by atoms with Crippen molar-refractivity contribution in [1.82, 2.24) is 4.98 Å². The summed E-state index contributed by atoms with van der Waals surface area (Å²) in [4.78, 5) is 4.41. The molecule has 0 fully saturated rings. The van der Waals surface area contributed by atoms with Crippen molar-refractivity contribution in [2.75, 3.05) is 0 Å². The number of nitrogens with zero attached hydrogens (tertiary/aromatic N) is 1. The summed E-state index contributed by atoms with van der Waals surface area (Å²) >= 11 is 2.16. The molecule has 19 heavy (non-hydrogen) atoms. The molecule has 0 atom stereocenters. The highest BCUT2D eigenvalue weighted by molar-refractivity contribution is 14.1. The summed E-state index contributed by atoms with van der Waals surface area (Å²) in [5.74, 6) is 0.682. The minimum Gasteiger partial charge on any atom is -0.430 e. The van der Waals surface area contributed by atoms with E-state index in [4.69, 9.17) is 4.42 Å². The monoisotopic (exact) mass is 361 g/mol. The number of aryl methyl sites for hydroxylation is 1. The molecule has 94 valence electrons. The van der Waals surface area contributed by atoms with Crippen molar-refractivity contribution in [3.05, 3.63) is 64.1 Å². The first-order chi connectivity index (χ1) is 9.24. The molecule has 3 aromatic rings. The summed E-state index contributed by atoms with van der Waals surface area (Å²) in [6, 6.07) is 18.6. The standard InChI is InChI=1S/C16H12INO/c1-11-15(17)19-16(18-11)14-9-7-13(8-10-14)12-5-3-2-4-6-12/h2-10H,1H3. The van der Waals surface area contributed by atoms with Gasteiger partial charge in [0.05, 0.1) is 5.69 Å². The van der Waals surface area contributed by atoms with Gasteiger partial charge in [0, 0.05) is 28.2 Å². The number of hydrogen-bond acceptors (Lipinski definition) is 2.